The van der Waals surface area contributed by atoms with E-state index in [-0.39, 0.29) is 12.3 Å². The second-order valence-corrected chi connectivity index (χ2v) is 3.67. The molecule has 1 heterocycles. The Hall–Kier alpha value is -1.29. The van der Waals surface area contributed by atoms with Crippen LogP contribution in [0.1, 0.15) is 16.6 Å². The molecule has 0 spiro atoms. The Morgan fingerprint density at radius 1 is 1.73 bits per heavy atom. The number of isocyanates is 1. The second kappa shape index (κ2) is 6.24. The van der Waals surface area contributed by atoms with Crippen molar-refractivity contribution in [3.8, 4) is 0 Å². The van der Waals surface area contributed by atoms with Crippen LogP contribution in [0.5, 0.6) is 0 Å². The molecule has 0 radical (unpaired) electrons. The van der Waals surface area contributed by atoms with Crippen molar-refractivity contribution >= 4 is 23.2 Å². The fourth-order valence-electron chi connectivity index (χ4n) is 1.11. The van der Waals surface area contributed by atoms with Gasteiger partial charge in [-0.1, -0.05) is 6.07 Å². The summed E-state index contributed by atoms with van der Waals surface area (Å²) in [7, 11) is 0. The van der Waals surface area contributed by atoms with E-state index in [1.807, 2.05) is 5.38 Å². The number of thiophene rings is 1. The number of ether oxygens (including phenoxy) is 1. The summed E-state index contributed by atoms with van der Waals surface area (Å²) in [6, 6.07) is 3.52. The van der Waals surface area contributed by atoms with Gasteiger partial charge in [-0.05, 0) is 18.4 Å². The molecular formula is C10H11NO3S. The number of aliphatic imine (C=N–C) groups is 1. The van der Waals surface area contributed by atoms with Gasteiger partial charge in [0, 0.05) is 6.61 Å². The maximum atomic E-state index is 11.8. The molecule has 1 atom stereocenters. The topological polar surface area (TPSA) is 55.7 Å². The molecule has 0 bridgehead atoms. The molecule has 80 valence electrons. The summed E-state index contributed by atoms with van der Waals surface area (Å²) in [6.07, 6.45) is 0.732. The number of rotatable bonds is 6. The lowest BCUT2D eigenvalue weighted by atomic mass is 10.2. The number of ketones is 1. The predicted molar refractivity (Wildman–Crippen MR) is 57.1 cm³/mol. The lowest BCUT2D eigenvalue weighted by molar-refractivity contribution is 0.0493. The lowest BCUT2D eigenvalue weighted by Gasteiger charge is -2.11. The third kappa shape index (κ3) is 3.40. The summed E-state index contributed by atoms with van der Waals surface area (Å²) in [6.45, 7) is 2.24. The molecule has 0 amide bonds. The average Bonchev–Trinajstić information content (AvgIpc) is 2.76. The van der Waals surface area contributed by atoms with Crippen molar-refractivity contribution in [3.63, 3.8) is 0 Å². The van der Waals surface area contributed by atoms with Crippen LogP contribution in [0, 0.1) is 0 Å². The summed E-state index contributed by atoms with van der Waals surface area (Å²) in [5.74, 6) is -0.133. The van der Waals surface area contributed by atoms with Gasteiger partial charge in [0.2, 0.25) is 11.9 Å². The molecule has 0 fully saturated rings. The lowest BCUT2D eigenvalue weighted by Crippen LogP contribution is -2.26. The van der Waals surface area contributed by atoms with E-state index >= 15 is 0 Å². The van der Waals surface area contributed by atoms with Crippen molar-refractivity contribution in [1.29, 1.82) is 0 Å². The predicted octanol–water partition coefficient (Wildman–Crippen LogP) is 1.67. The van der Waals surface area contributed by atoms with Crippen molar-refractivity contribution in [2.75, 3.05) is 13.2 Å². The van der Waals surface area contributed by atoms with Crippen molar-refractivity contribution in [2.24, 2.45) is 4.99 Å². The van der Waals surface area contributed by atoms with Crippen molar-refractivity contribution in [1.82, 2.24) is 0 Å². The highest BCUT2D eigenvalue weighted by Crippen LogP contribution is 2.13. The van der Waals surface area contributed by atoms with E-state index in [2.05, 4.69) is 4.99 Å². The first-order valence-corrected chi connectivity index (χ1v) is 5.40. The van der Waals surface area contributed by atoms with Crippen LogP contribution >= 0.6 is 11.3 Å². The van der Waals surface area contributed by atoms with Crippen LogP contribution < -0.4 is 0 Å². The van der Waals surface area contributed by atoms with Gasteiger partial charge in [0.25, 0.3) is 0 Å². The molecule has 4 nitrogen and oxygen atoms in total. The maximum absolute atomic E-state index is 11.8. The SMILES string of the molecule is CCOC(CN=C=O)C(=O)c1cccs1. The number of nitrogens with zero attached hydrogens (tertiary/aromatic N) is 1. The number of carbonyl (C=O) groups is 1. The highest BCUT2D eigenvalue weighted by molar-refractivity contribution is 7.12. The molecule has 0 aliphatic carbocycles. The minimum atomic E-state index is -0.671. The minimum Gasteiger partial charge on any atom is -0.368 e. The number of hydrogen-bond donors (Lipinski definition) is 0. The first kappa shape index (κ1) is 11.8. The molecule has 1 aromatic heterocycles. The Balaban J connectivity index is 2.70. The van der Waals surface area contributed by atoms with Crippen molar-refractivity contribution in [3.05, 3.63) is 22.4 Å². The Morgan fingerprint density at radius 2 is 2.53 bits per heavy atom. The van der Waals surface area contributed by atoms with Crippen LogP contribution in [0.3, 0.4) is 0 Å². The van der Waals surface area contributed by atoms with E-state index < -0.39 is 6.10 Å². The van der Waals surface area contributed by atoms with E-state index in [4.69, 9.17) is 4.74 Å². The summed E-state index contributed by atoms with van der Waals surface area (Å²) < 4.78 is 5.21. The molecular weight excluding hydrogens is 214 g/mol. The van der Waals surface area contributed by atoms with Gasteiger partial charge in [0.1, 0.15) is 6.10 Å². The van der Waals surface area contributed by atoms with Crippen LogP contribution in [0.4, 0.5) is 0 Å². The average molecular weight is 225 g/mol. The normalized spacial score (nSPS) is 11.8. The quantitative estimate of drug-likeness (QED) is 0.420. The van der Waals surface area contributed by atoms with Crippen molar-refractivity contribution in [2.45, 2.75) is 13.0 Å². The van der Waals surface area contributed by atoms with Gasteiger partial charge in [0.05, 0.1) is 11.4 Å². The summed E-state index contributed by atoms with van der Waals surface area (Å²) in [4.78, 5) is 25.8. The van der Waals surface area contributed by atoms with Gasteiger partial charge in [-0.3, -0.25) is 4.79 Å². The first-order valence-electron chi connectivity index (χ1n) is 4.52. The van der Waals surface area contributed by atoms with Crippen molar-refractivity contribution < 1.29 is 14.3 Å². The van der Waals surface area contributed by atoms with Crippen LogP contribution in [-0.4, -0.2) is 31.1 Å². The zero-order chi connectivity index (χ0) is 11.1. The largest absolute Gasteiger partial charge is 0.368 e. The third-order valence-electron chi connectivity index (χ3n) is 1.75. The molecule has 1 rings (SSSR count). The Morgan fingerprint density at radius 3 is 3.07 bits per heavy atom. The summed E-state index contributed by atoms with van der Waals surface area (Å²) >= 11 is 1.35. The monoisotopic (exact) mass is 225 g/mol. The number of Topliss-reactive ketones (excluding diaryl/α,β-unsaturated/α-hetero) is 1. The van der Waals surface area contributed by atoms with Gasteiger partial charge in [-0.15, -0.1) is 11.3 Å². The second-order valence-electron chi connectivity index (χ2n) is 2.72. The maximum Gasteiger partial charge on any atom is 0.235 e. The van der Waals surface area contributed by atoms with E-state index in [0.717, 1.165) is 0 Å². The molecule has 1 unspecified atom stereocenters. The molecule has 1 aromatic rings. The van der Waals surface area contributed by atoms with Crippen LogP contribution in [0.2, 0.25) is 0 Å². The first-order chi connectivity index (χ1) is 7.29. The van der Waals surface area contributed by atoms with Gasteiger partial charge < -0.3 is 4.74 Å². The molecule has 0 aliphatic rings. The Labute approximate surface area is 91.6 Å². The number of carbonyl (C=O) groups excluding carboxylic acids is 2. The van der Waals surface area contributed by atoms with E-state index in [9.17, 15) is 9.59 Å². The molecule has 15 heavy (non-hydrogen) atoms. The molecule has 0 saturated heterocycles. The fourth-order valence-corrected chi connectivity index (χ4v) is 1.82. The standard InChI is InChI=1S/C10H11NO3S/c1-2-14-8(6-11-7-12)10(13)9-4-3-5-15-9/h3-5,8H,2,6H2,1H3. The fraction of sp³-hybridized carbons (Fsp3) is 0.400. The third-order valence-corrected chi connectivity index (χ3v) is 2.63. The molecule has 0 saturated carbocycles. The highest BCUT2D eigenvalue weighted by Gasteiger charge is 2.20. The highest BCUT2D eigenvalue weighted by atomic mass is 32.1. The van der Waals surface area contributed by atoms with Gasteiger partial charge >= 0.3 is 0 Å². The molecule has 5 heteroatoms. The van der Waals surface area contributed by atoms with Crippen LogP contribution in [-0.2, 0) is 9.53 Å². The molecule has 0 N–H and O–H groups in total. The summed E-state index contributed by atoms with van der Waals surface area (Å²) in [5, 5.41) is 1.82. The van der Waals surface area contributed by atoms with Crippen LogP contribution in [0.15, 0.2) is 22.5 Å². The van der Waals surface area contributed by atoms with E-state index in [1.54, 1.807) is 19.1 Å². The molecule has 0 aliphatic heterocycles. The zero-order valence-corrected chi connectivity index (χ0v) is 9.12. The smallest absolute Gasteiger partial charge is 0.235 e. The van der Waals surface area contributed by atoms with Gasteiger partial charge in [0.15, 0.2) is 0 Å². The van der Waals surface area contributed by atoms with E-state index in [0.29, 0.717) is 11.5 Å². The van der Waals surface area contributed by atoms with Gasteiger partial charge in [-0.25, -0.2) is 9.79 Å². The number of hydrogen-bond acceptors (Lipinski definition) is 5. The minimum absolute atomic E-state index is 0.0358. The Bertz CT molecular complexity index is 355. The molecule has 0 aromatic carbocycles. The Kier molecular flexibility index (Phi) is 4.90. The summed E-state index contributed by atoms with van der Waals surface area (Å²) in [5.41, 5.74) is 0. The zero-order valence-electron chi connectivity index (χ0n) is 8.30. The van der Waals surface area contributed by atoms with Gasteiger partial charge in [-0.2, -0.15) is 0 Å². The van der Waals surface area contributed by atoms with E-state index in [1.165, 1.54) is 17.4 Å². The van der Waals surface area contributed by atoms with Crippen LogP contribution in [0.25, 0.3) is 0 Å².